The van der Waals surface area contributed by atoms with Gasteiger partial charge in [0.1, 0.15) is 0 Å². The van der Waals surface area contributed by atoms with Gasteiger partial charge in [-0.3, -0.25) is 4.90 Å². The average molecular weight is 594 g/mol. The first-order chi connectivity index (χ1) is 16.8. The third-order valence-electron chi connectivity index (χ3n) is 9.13. The van der Waals surface area contributed by atoms with Crippen LogP contribution in [0.5, 0.6) is 0 Å². The summed E-state index contributed by atoms with van der Waals surface area (Å²) in [6.45, 7) is 17.6. The molecule has 9 heteroatoms. The van der Waals surface area contributed by atoms with Gasteiger partial charge in [-0.1, -0.05) is 72.6 Å². The third kappa shape index (κ3) is 12.0. The fourth-order valence-electron chi connectivity index (χ4n) is 6.86. The standard InChI is InChI=1S/C30H52ClN3O.CH4.4H2O/c1-23(2)29(32-18-24-14-16-34(19-24)22-35-27-8-6-5-7-9-27)20-33-17-15-28(30(3,4)21-33)25-10-12-26(31)13-11-25;;;;;/h10-12,23-24,26-29,32H,5-9,13-22H2,1-4H3;1H4;4*1H2/t24-,26?,28+,29-;;;;;/m0...../s1. The van der Waals surface area contributed by atoms with Gasteiger partial charge in [0, 0.05) is 32.2 Å². The Morgan fingerprint density at radius 3 is 2.27 bits per heavy atom. The summed E-state index contributed by atoms with van der Waals surface area (Å²) in [5.41, 5.74) is 1.81. The number of rotatable bonds is 10. The first-order valence-electron chi connectivity index (χ1n) is 14.6. The predicted molar refractivity (Wildman–Crippen MR) is 170 cm³/mol. The highest BCUT2D eigenvalue weighted by molar-refractivity contribution is 6.22. The molecule has 4 aliphatic rings. The van der Waals surface area contributed by atoms with Crippen molar-refractivity contribution in [1.82, 2.24) is 15.1 Å². The lowest BCUT2D eigenvalue weighted by Gasteiger charge is -2.46. The molecular weight excluding hydrogens is 530 g/mol. The molecule has 4 rings (SSSR count). The molecule has 2 aliphatic heterocycles. The fourth-order valence-corrected chi connectivity index (χ4v) is 7.02. The molecule has 0 radical (unpaired) electrons. The number of halogens is 1. The van der Waals surface area contributed by atoms with Gasteiger partial charge >= 0.3 is 0 Å². The minimum atomic E-state index is 0. The summed E-state index contributed by atoms with van der Waals surface area (Å²) in [6, 6.07) is 0.556. The van der Waals surface area contributed by atoms with E-state index in [1.54, 1.807) is 0 Å². The number of likely N-dealkylation sites (tertiary alicyclic amines) is 2. The highest BCUT2D eigenvalue weighted by Crippen LogP contribution is 2.41. The Morgan fingerprint density at radius 1 is 1.00 bits per heavy atom. The minimum absolute atomic E-state index is 0. The van der Waals surface area contributed by atoms with Crippen LogP contribution >= 0.6 is 11.6 Å². The van der Waals surface area contributed by atoms with Crippen LogP contribution < -0.4 is 5.32 Å². The van der Waals surface area contributed by atoms with Crippen LogP contribution in [0.4, 0.5) is 0 Å². The summed E-state index contributed by atoms with van der Waals surface area (Å²) < 4.78 is 6.24. The Balaban J connectivity index is 0. The molecule has 0 aromatic rings. The number of nitrogens with one attached hydrogen (secondary N) is 1. The number of ether oxygens (including phenoxy) is 1. The van der Waals surface area contributed by atoms with E-state index < -0.39 is 0 Å². The van der Waals surface area contributed by atoms with Crippen LogP contribution in [0.15, 0.2) is 23.8 Å². The number of piperidine rings is 1. The maximum absolute atomic E-state index is 6.28. The van der Waals surface area contributed by atoms with Gasteiger partial charge in [-0.15, -0.1) is 11.6 Å². The van der Waals surface area contributed by atoms with Crippen LogP contribution in [0.25, 0.3) is 0 Å². The molecule has 240 valence electrons. The molecular formula is C31H64ClN3O5. The molecule has 2 aliphatic carbocycles. The van der Waals surface area contributed by atoms with E-state index in [1.165, 1.54) is 76.7 Å². The molecule has 40 heavy (non-hydrogen) atoms. The van der Waals surface area contributed by atoms with Gasteiger partial charge in [-0.25, -0.2) is 0 Å². The van der Waals surface area contributed by atoms with E-state index in [9.17, 15) is 0 Å². The van der Waals surface area contributed by atoms with Crippen LogP contribution in [0.2, 0.25) is 0 Å². The van der Waals surface area contributed by atoms with Gasteiger partial charge in [-0.05, 0) is 73.9 Å². The molecule has 3 fully saturated rings. The highest BCUT2D eigenvalue weighted by atomic mass is 35.5. The maximum Gasteiger partial charge on any atom is 0.0994 e. The second-order valence-corrected chi connectivity index (χ2v) is 13.5. The van der Waals surface area contributed by atoms with Gasteiger partial charge in [0.05, 0.1) is 18.2 Å². The van der Waals surface area contributed by atoms with Crippen molar-refractivity contribution in [2.45, 2.75) is 104 Å². The number of hydrogen-bond acceptors (Lipinski definition) is 4. The molecule has 0 bridgehead atoms. The van der Waals surface area contributed by atoms with Crippen molar-refractivity contribution in [2.75, 3.05) is 46.0 Å². The minimum Gasteiger partial charge on any atom is -0.412 e. The fraction of sp³-hybridized carbons (Fsp3) is 0.871. The summed E-state index contributed by atoms with van der Waals surface area (Å²) in [7, 11) is 0. The summed E-state index contributed by atoms with van der Waals surface area (Å²) in [4.78, 5) is 5.27. The van der Waals surface area contributed by atoms with Crippen molar-refractivity contribution in [3.63, 3.8) is 0 Å². The Labute approximate surface area is 250 Å². The lowest BCUT2D eigenvalue weighted by atomic mass is 9.69. The molecule has 0 aromatic carbocycles. The van der Waals surface area contributed by atoms with Gasteiger partial charge in [0.2, 0.25) is 0 Å². The molecule has 0 spiro atoms. The second-order valence-electron chi connectivity index (χ2n) is 12.9. The topological polar surface area (TPSA) is 154 Å². The van der Waals surface area contributed by atoms with Gasteiger partial charge in [-0.2, -0.15) is 0 Å². The lowest BCUT2D eigenvalue weighted by molar-refractivity contribution is -0.0306. The summed E-state index contributed by atoms with van der Waals surface area (Å²) in [6.07, 6.45) is 17.6. The van der Waals surface area contributed by atoms with E-state index in [4.69, 9.17) is 16.3 Å². The summed E-state index contributed by atoms with van der Waals surface area (Å²) >= 11 is 6.28. The van der Waals surface area contributed by atoms with E-state index >= 15 is 0 Å². The van der Waals surface area contributed by atoms with Crippen molar-refractivity contribution >= 4 is 11.6 Å². The molecule has 2 heterocycles. The first kappa shape index (κ1) is 41.6. The van der Waals surface area contributed by atoms with Crippen LogP contribution in [-0.2, 0) is 4.74 Å². The molecule has 2 saturated heterocycles. The average Bonchev–Trinajstić information content (AvgIpc) is 3.29. The SMILES string of the molecule is C.CC(C)[C@H](CN1CC[C@H](C2=CCC(Cl)C=C2)C(C)(C)C1)NC[C@@H]1CCN(COC2CCCCC2)C1.O.O.O.O. The van der Waals surface area contributed by atoms with Crippen molar-refractivity contribution in [3.05, 3.63) is 23.8 Å². The van der Waals surface area contributed by atoms with E-state index in [1.807, 2.05) is 0 Å². The zero-order valence-corrected chi connectivity index (χ0v) is 25.7. The van der Waals surface area contributed by atoms with Crippen LogP contribution in [0.3, 0.4) is 0 Å². The lowest BCUT2D eigenvalue weighted by Crippen LogP contribution is -2.52. The monoisotopic (exact) mass is 593 g/mol. The van der Waals surface area contributed by atoms with Gasteiger partial charge in [0.25, 0.3) is 0 Å². The number of alkyl halides is 1. The molecule has 4 atom stereocenters. The zero-order chi connectivity index (χ0) is 24.8. The number of allylic oxidation sites excluding steroid dienone is 4. The normalized spacial score (nSPS) is 27.8. The summed E-state index contributed by atoms with van der Waals surface area (Å²) in [5.74, 6) is 2.04. The largest absolute Gasteiger partial charge is 0.412 e. The van der Waals surface area contributed by atoms with Crippen LogP contribution in [0.1, 0.15) is 86.5 Å². The summed E-state index contributed by atoms with van der Waals surface area (Å²) in [5, 5.41) is 4.17. The molecule has 9 N–H and O–H groups in total. The highest BCUT2D eigenvalue weighted by Gasteiger charge is 2.38. The molecule has 1 unspecified atom stereocenters. The molecule has 0 aromatic heterocycles. The maximum atomic E-state index is 6.28. The Kier molecular flexibility index (Phi) is 20.4. The van der Waals surface area contributed by atoms with E-state index in [-0.39, 0.29) is 34.7 Å². The number of nitrogens with zero attached hydrogens (tertiary/aromatic N) is 2. The second kappa shape index (κ2) is 19.6. The van der Waals surface area contributed by atoms with Crippen LogP contribution in [-0.4, -0.2) is 95.2 Å². The number of hydrogen-bond donors (Lipinski definition) is 1. The van der Waals surface area contributed by atoms with Crippen molar-refractivity contribution in [2.24, 2.45) is 23.2 Å². The van der Waals surface area contributed by atoms with Crippen molar-refractivity contribution in [1.29, 1.82) is 0 Å². The molecule has 1 saturated carbocycles. The molecule has 0 amide bonds. The smallest absolute Gasteiger partial charge is 0.0994 e. The van der Waals surface area contributed by atoms with Gasteiger partial charge in [0.15, 0.2) is 0 Å². The Bertz CT molecular complexity index is 730. The van der Waals surface area contributed by atoms with E-state index in [0.717, 1.165) is 32.2 Å². The van der Waals surface area contributed by atoms with Gasteiger partial charge < -0.3 is 36.9 Å². The molecule has 8 nitrogen and oxygen atoms in total. The first-order valence-corrected chi connectivity index (χ1v) is 15.1. The zero-order valence-electron chi connectivity index (χ0n) is 25.0. The van der Waals surface area contributed by atoms with Crippen molar-refractivity contribution < 1.29 is 26.6 Å². The van der Waals surface area contributed by atoms with Crippen LogP contribution in [0, 0.1) is 23.2 Å². The predicted octanol–water partition coefficient (Wildman–Crippen LogP) is 3.41. The van der Waals surface area contributed by atoms with E-state index in [0.29, 0.717) is 29.4 Å². The quantitative estimate of drug-likeness (QED) is 0.385. The third-order valence-corrected chi connectivity index (χ3v) is 9.45. The van der Waals surface area contributed by atoms with E-state index in [2.05, 4.69) is 61.0 Å². The Morgan fingerprint density at radius 2 is 1.68 bits per heavy atom. The Hall–Kier alpha value is -0.550. The van der Waals surface area contributed by atoms with Crippen molar-refractivity contribution in [3.8, 4) is 0 Å².